The number of fused-ring (bicyclic) bond motifs is 1. The number of halogens is 1. The number of hydrogen-bond acceptors (Lipinski definition) is 5. The summed E-state index contributed by atoms with van der Waals surface area (Å²) in [6.45, 7) is 0.139. The normalized spacial score (nSPS) is 16.0. The van der Waals surface area contributed by atoms with Crippen molar-refractivity contribution in [2.24, 2.45) is 5.73 Å². The Labute approximate surface area is 155 Å². The highest BCUT2D eigenvalue weighted by Crippen LogP contribution is 2.28. The van der Waals surface area contributed by atoms with Crippen molar-refractivity contribution >= 4 is 5.91 Å². The van der Waals surface area contributed by atoms with Crippen molar-refractivity contribution in [3.8, 4) is 11.5 Å². The van der Waals surface area contributed by atoms with E-state index in [1.54, 1.807) is 18.2 Å². The highest BCUT2D eigenvalue weighted by molar-refractivity contribution is 5.94. The third kappa shape index (κ3) is 3.73. The molecule has 27 heavy (non-hydrogen) atoms. The van der Waals surface area contributed by atoms with Crippen LogP contribution in [-0.2, 0) is 13.0 Å². The van der Waals surface area contributed by atoms with Crippen LogP contribution < -0.4 is 11.1 Å². The summed E-state index contributed by atoms with van der Waals surface area (Å²) < 4.78 is 18.2. The van der Waals surface area contributed by atoms with Gasteiger partial charge in [-0.3, -0.25) is 4.79 Å². The molecule has 0 aliphatic heterocycles. The summed E-state index contributed by atoms with van der Waals surface area (Å²) in [5, 5.41) is 6.64. The van der Waals surface area contributed by atoms with Gasteiger partial charge in [-0.1, -0.05) is 11.2 Å². The van der Waals surface area contributed by atoms with Gasteiger partial charge in [0.25, 0.3) is 11.8 Å². The zero-order valence-electron chi connectivity index (χ0n) is 14.6. The van der Waals surface area contributed by atoms with Gasteiger partial charge < -0.3 is 15.6 Å². The summed E-state index contributed by atoms with van der Waals surface area (Å²) in [5.74, 6) is 0.0894. The van der Waals surface area contributed by atoms with Crippen molar-refractivity contribution in [3.63, 3.8) is 0 Å². The van der Waals surface area contributed by atoms with Crippen molar-refractivity contribution in [1.29, 1.82) is 0 Å². The first-order chi connectivity index (χ1) is 13.1. The van der Waals surface area contributed by atoms with Gasteiger partial charge in [-0.05, 0) is 66.8 Å². The zero-order chi connectivity index (χ0) is 18.8. The molecule has 1 aromatic heterocycles. The standard InChI is InChI=1S/C20H19FN4O2/c21-15-7-4-12(5-8-15)20-24-18(25-27-20)11-23-19(26)14-6-9-16-13(10-14)2-1-3-17(16)22/h4-10,17H,1-3,11,22H2,(H,23,26). The van der Waals surface area contributed by atoms with Crippen molar-refractivity contribution in [2.75, 3.05) is 0 Å². The Bertz CT molecular complexity index is 968. The Hall–Kier alpha value is -3.06. The number of aryl methyl sites for hydroxylation is 1. The summed E-state index contributed by atoms with van der Waals surface area (Å²) >= 11 is 0. The summed E-state index contributed by atoms with van der Waals surface area (Å²) in [6, 6.07) is 11.5. The molecular weight excluding hydrogens is 347 g/mol. The molecule has 3 aromatic rings. The molecule has 138 valence electrons. The predicted molar refractivity (Wildman–Crippen MR) is 97.2 cm³/mol. The largest absolute Gasteiger partial charge is 0.345 e. The van der Waals surface area contributed by atoms with Crippen molar-refractivity contribution in [3.05, 3.63) is 70.8 Å². The van der Waals surface area contributed by atoms with E-state index in [2.05, 4.69) is 15.5 Å². The van der Waals surface area contributed by atoms with Crippen LogP contribution in [0.25, 0.3) is 11.5 Å². The molecule has 0 spiro atoms. The first-order valence-electron chi connectivity index (χ1n) is 8.85. The van der Waals surface area contributed by atoms with Gasteiger partial charge in [0, 0.05) is 17.2 Å². The average Bonchev–Trinajstić information content (AvgIpc) is 3.15. The van der Waals surface area contributed by atoms with Gasteiger partial charge in [-0.15, -0.1) is 0 Å². The van der Waals surface area contributed by atoms with Crippen molar-refractivity contribution in [2.45, 2.75) is 31.8 Å². The highest BCUT2D eigenvalue weighted by atomic mass is 19.1. The van der Waals surface area contributed by atoms with E-state index in [1.165, 1.54) is 12.1 Å². The Morgan fingerprint density at radius 3 is 2.89 bits per heavy atom. The number of amides is 1. The van der Waals surface area contributed by atoms with Crippen LogP contribution >= 0.6 is 0 Å². The number of nitrogens with zero attached hydrogens (tertiary/aromatic N) is 2. The first-order valence-corrected chi connectivity index (χ1v) is 8.85. The minimum atomic E-state index is -0.336. The highest BCUT2D eigenvalue weighted by Gasteiger charge is 2.18. The minimum absolute atomic E-state index is 0.0510. The molecule has 7 heteroatoms. The Morgan fingerprint density at radius 2 is 2.07 bits per heavy atom. The van der Waals surface area contributed by atoms with Crippen LogP contribution in [0, 0.1) is 5.82 Å². The fourth-order valence-corrected chi connectivity index (χ4v) is 3.29. The van der Waals surface area contributed by atoms with E-state index in [4.69, 9.17) is 10.3 Å². The number of nitrogens with one attached hydrogen (secondary N) is 1. The molecule has 1 atom stereocenters. The second-order valence-corrected chi connectivity index (χ2v) is 6.62. The third-order valence-corrected chi connectivity index (χ3v) is 4.73. The van der Waals surface area contributed by atoms with Gasteiger partial charge in [0.1, 0.15) is 5.82 Å². The summed E-state index contributed by atoms with van der Waals surface area (Å²) in [6.07, 6.45) is 2.96. The quantitative estimate of drug-likeness (QED) is 0.740. The number of aromatic nitrogens is 2. The molecule has 1 aliphatic carbocycles. The molecule has 0 fully saturated rings. The molecular formula is C20H19FN4O2. The molecule has 0 saturated heterocycles. The number of nitrogens with two attached hydrogens (primary N) is 1. The van der Waals surface area contributed by atoms with E-state index < -0.39 is 0 Å². The minimum Gasteiger partial charge on any atom is -0.345 e. The Kier molecular flexibility index (Phi) is 4.68. The van der Waals surface area contributed by atoms with Gasteiger partial charge in [0.2, 0.25) is 0 Å². The number of rotatable bonds is 4. The molecule has 6 nitrogen and oxygen atoms in total. The van der Waals surface area contributed by atoms with Crippen LogP contribution in [0.2, 0.25) is 0 Å². The van der Waals surface area contributed by atoms with Gasteiger partial charge in [-0.2, -0.15) is 4.98 Å². The number of carbonyl (C=O) groups is 1. The van der Waals surface area contributed by atoms with Crippen LogP contribution in [-0.4, -0.2) is 16.0 Å². The lowest BCUT2D eigenvalue weighted by molar-refractivity contribution is 0.0949. The fraction of sp³-hybridized carbons (Fsp3) is 0.250. The van der Waals surface area contributed by atoms with E-state index in [1.807, 2.05) is 12.1 Å². The van der Waals surface area contributed by atoms with Crippen LogP contribution in [0.15, 0.2) is 47.0 Å². The lowest BCUT2D eigenvalue weighted by Gasteiger charge is -2.22. The van der Waals surface area contributed by atoms with Crippen molar-refractivity contribution in [1.82, 2.24) is 15.5 Å². The van der Waals surface area contributed by atoms with Crippen LogP contribution in [0.3, 0.4) is 0 Å². The fourth-order valence-electron chi connectivity index (χ4n) is 3.29. The molecule has 2 aromatic carbocycles. The maximum absolute atomic E-state index is 13.0. The Morgan fingerprint density at radius 1 is 1.26 bits per heavy atom. The lowest BCUT2D eigenvalue weighted by atomic mass is 9.87. The molecule has 0 bridgehead atoms. The summed E-state index contributed by atoms with van der Waals surface area (Å²) in [7, 11) is 0. The maximum Gasteiger partial charge on any atom is 0.257 e. The average molecular weight is 366 g/mol. The van der Waals surface area contributed by atoms with Crippen LogP contribution in [0.5, 0.6) is 0 Å². The topological polar surface area (TPSA) is 94.0 Å². The lowest BCUT2D eigenvalue weighted by Crippen LogP contribution is -2.24. The van der Waals surface area contributed by atoms with E-state index in [-0.39, 0.29) is 30.2 Å². The molecule has 1 aliphatic rings. The Balaban J connectivity index is 1.42. The van der Waals surface area contributed by atoms with E-state index in [0.29, 0.717) is 17.0 Å². The van der Waals surface area contributed by atoms with Gasteiger partial charge in [0.05, 0.1) is 6.54 Å². The molecule has 1 heterocycles. The first kappa shape index (κ1) is 17.4. The molecule has 0 saturated carbocycles. The number of benzene rings is 2. The SMILES string of the molecule is NC1CCCc2cc(C(=O)NCc3noc(-c4ccc(F)cc4)n3)ccc21. The molecule has 1 unspecified atom stereocenters. The predicted octanol–water partition coefficient (Wildman–Crippen LogP) is 3.14. The summed E-state index contributed by atoms with van der Waals surface area (Å²) in [4.78, 5) is 16.7. The smallest absolute Gasteiger partial charge is 0.257 e. The zero-order valence-corrected chi connectivity index (χ0v) is 14.6. The molecule has 0 radical (unpaired) electrons. The van der Waals surface area contributed by atoms with Crippen LogP contribution in [0.1, 0.15) is 46.2 Å². The maximum atomic E-state index is 13.0. The summed E-state index contributed by atoms with van der Waals surface area (Å²) in [5.41, 5.74) is 9.59. The second kappa shape index (κ2) is 7.28. The monoisotopic (exact) mass is 366 g/mol. The molecule has 1 amide bonds. The van der Waals surface area contributed by atoms with Gasteiger partial charge in [-0.25, -0.2) is 4.39 Å². The van der Waals surface area contributed by atoms with Crippen LogP contribution in [0.4, 0.5) is 4.39 Å². The molecule has 4 rings (SSSR count). The van der Waals surface area contributed by atoms with E-state index in [0.717, 1.165) is 30.4 Å². The van der Waals surface area contributed by atoms with E-state index >= 15 is 0 Å². The molecule has 3 N–H and O–H groups in total. The number of hydrogen-bond donors (Lipinski definition) is 2. The number of carbonyl (C=O) groups excluding carboxylic acids is 1. The van der Waals surface area contributed by atoms with Gasteiger partial charge >= 0.3 is 0 Å². The van der Waals surface area contributed by atoms with Gasteiger partial charge in [0.15, 0.2) is 5.82 Å². The third-order valence-electron chi connectivity index (χ3n) is 4.73. The van der Waals surface area contributed by atoms with E-state index in [9.17, 15) is 9.18 Å². The second-order valence-electron chi connectivity index (χ2n) is 6.62. The van der Waals surface area contributed by atoms with Crippen molar-refractivity contribution < 1.29 is 13.7 Å².